The molecular formula is C29H22N2. The molecule has 0 spiro atoms. The standard InChI is InChI=1S/C19H14N2.C10H8/c1-3-9-15(10-4-1)19-20-17-13-7-8-14-18(17)21(19)16-11-5-2-6-12-16;1-2-6-10-8-4-3-7-9(10)5-1/h1-14H;1-8H. The zero-order valence-corrected chi connectivity index (χ0v) is 17.1. The summed E-state index contributed by atoms with van der Waals surface area (Å²) in [5.41, 5.74) is 4.39. The van der Waals surface area contributed by atoms with Crippen LogP contribution in [0.15, 0.2) is 133 Å². The Hall–Kier alpha value is -4.17. The van der Waals surface area contributed by atoms with Crippen LogP contribution in [0.25, 0.3) is 38.9 Å². The topological polar surface area (TPSA) is 17.8 Å². The smallest absolute Gasteiger partial charge is 0.145 e. The van der Waals surface area contributed by atoms with Crippen molar-refractivity contribution in [3.8, 4) is 17.1 Å². The van der Waals surface area contributed by atoms with Crippen LogP contribution in [0, 0.1) is 0 Å². The number of nitrogens with zero attached hydrogens (tertiary/aromatic N) is 2. The van der Waals surface area contributed by atoms with Gasteiger partial charge in [-0.3, -0.25) is 4.57 Å². The number of fused-ring (bicyclic) bond motifs is 2. The maximum absolute atomic E-state index is 4.82. The highest BCUT2D eigenvalue weighted by Crippen LogP contribution is 2.28. The molecule has 0 bridgehead atoms. The molecule has 6 rings (SSSR count). The van der Waals surface area contributed by atoms with Gasteiger partial charge in [0.25, 0.3) is 0 Å². The van der Waals surface area contributed by atoms with Crippen molar-refractivity contribution in [1.29, 1.82) is 0 Å². The Kier molecular flexibility index (Phi) is 5.27. The summed E-state index contributed by atoms with van der Waals surface area (Å²) >= 11 is 0. The molecule has 0 aliphatic carbocycles. The molecule has 0 N–H and O–H groups in total. The van der Waals surface area contributed by atoms with E-state index in [-0.39, 0.29) is 0 Å². The van der Waals surface area contributed by atoms with E-state index in [0.717, 1.165) is 28.1 Å². The number of hydrogen-bond donors (Lipinski definition) is 0. The van der Waals surface area contributed by atoms with Gasteiger partial charge in [0.15, 0.2) is 0 Å². The quantitative estimate of drug-likeness (QED) is 0.295. The monoisotopic (exact) mass is 398 g/mol. The van der Waals surface area contributed by atoms with E-state index in [0.29, 0.717) is 0 Å². The van der Waals surface area contributed by atoms with Gasteiger partial charge in [0.1, 0.15) is 5.82 Å². The molecule has 6 aromatic rings. The molecule has 0 aliphatic heterocycles. The molecule has 0 aliphatic rings. The first kappa shape index (κ1) is 18.8. The Bertz CT molecular complexity index is 1350. The highest BCUT2D eigenvalue weighted by molar-refractivity contribution is 5.83. The normalized spacial score (nSPS) is 10.6. The first-order valence-corrected chi connectivity index (χ1v) is 10.4. The van der Waals surface area contributed by atoms with E-state index in [9.17, 15) is 0 Å². The molecule has 2 heteroatoms. The lowest BCUT2D eigenvalue weighted by molar-refractivity contribution is 1.10. The minimum Gasteiger partial charge on any atom is -0.292 e. The molecule has 31 heavy (non-hydrogen) atoms. The van der Waals surface area contributed by atoms with Crippen LogP contribution in [-0.4, -0.2) is 9.55 Å². The van der Waals surface area contributed by atoms with E-state index < -0.39 is 0 Å². The Labute approximate surface area is 182 Å². The SMILES string of the molecule is c1ccc(-c2nc3ccccc3n2-c2ccccc2)cc1.c1ccc2ccccc2c1. The van der Waals surface area contributed by atoms with E-state index in [2.05, 4.69) is 108 Å². The van der Waals surface area contributed by atoms with Crippen molar-refractivity contribution < 1.29 is 0 Å². The average molecular weight is 399 g/mol. The van der Waals surface area contributed by atoms with Gasteiger partial charge in [-0.15, -0.1) is 0 Å². The van der Waals surface area contributed by atoms with E-state index >= 15 is 0 Å². The molecular weight excluding hydrogens is 376 g/mol. The summed E-state index contributed by atoms with van der Waals surface area (Å²) in [6.07, 6.45) is 0. The molecule has 0 unspecified atom stereocenters. The minimum absolute atomic E-state index is 0.975. The van der Waals surface area contributed by atoms with Crippen LogP contribution in [0.4, 0.5) is 0 Å². The van der Waals surface area contributed by atoms with Gasteiger partial charge in [0.05, 0.1) is 11.0 Å². The third-order valence-corrected chi connectivity index (χ3v) is 5.27. The van der Waals surface area contributed by atoms with Crippen molar-refractivity contribution in [2.24, 2.45) is 0 Å². The van der Waals surface area contributed by atoms with Crippen LogP contribution < -0.4 is 0 Å². The van der Waals surface area contributed by atoms with Crippen molar-refractivity contribution in [3.63, 3.8) is 0 Å². The number of hydrogen-bond acceptors (Lipinski definition) is 1. The second kappa shape index (κ2) is 8.68. The molecule has 2 nitrogen and oxygen atoms in total. The first-order chi connectivity index (χ1) is 15.4. The average Bonchev–Trinajstić information content (AvgIpc) is 3.25. The molecule has 148 valence electrons. The van der Waals surface area contributed by atoms with Crippen LogP contribution in [-0.2, 0) is 0 Å². The van der Waals surface area contributed by atoms with Crippen molar-refractivity contribution in [3.05, 3.63) is 133 Å². The van der Waals surface area contributed by atoms with Gasteiger partial charge in [-0.25, -0.2) is 4.98 Å². The number of aromatic nitrogens is 2. The van der Waals surface area contributed by atoms with E-state index in [1.807, 2.05) is 30.3 Å². The fourth-order valence-corrected chi connectivity index (χ4v) is 3.78. The molecule has 0 atom stereocenters. The lowest BCUT2D eigenvalue weighted by atomic mass is 10.1. The van der Waals surface area contributed by atoms with Crippen LogP contribution >= 0.6 is 0 Å². The minimum atomic E-state index is 0.975. The summed E-state index contributed by atoms with van der Waals surface area (Å²) in [6.45, 7) is 0. The number of benzene rings is 5. The maximum Gasteiger partial charge on any atom is 0.145 e. The fourth-order valence-electron chi connectivity index (χ4n) is 3.78. The summed E-state index contributed by atoms with van der Waals surface area (Å²) in [5.74, 6) is 0.975. The zero-order valence-electron chi connectivity index (χ0n) is 17.1. The number of imidazole rings is 1. The predicted octanol–water partition coefficient (Wildman–Crippen LogP) is 7.53. The highest BCUT2D eigenvalue weighted by atomic mass is 15.1. The van der Waals surface area contributed by atoms with Crippen LogP contribution in [0.2, 0.25) is 0 Å². The molecule has 0 saturated carbocycles. The van der Waals surface area contributed by atoms with Gasteiger partial charge in [0, 0.05) is 11.3 Å². The molecule has 1 aromatic heterocycles. The lowest BCUT2D eigenvalue weighted by Gasteiger charge is -2.09. The van der Waals surface area contributed by atoms with Gasteiger partial charge in [-0.05, 0) is 35.0 Å². The maximum atomic E-state index is 4.82. The van der Waals surface area contributed by atoms with E-state index in [1.54, 1.807) is 0 Å². The molecule has 0 radical (unpaired) electrons. The Morgan fingerprint density at radius 3 is 1.55 bits per heavy atom. The molecule has 0 fully saturated rings. The lowest BCUT2D eigenvalue weighted by Crippen LogP contribution is -1.96. The van der Waals surface area contributed by atoms with Crippen molar-refractivity contribution in [2.45, 2.75) is 0 Å². The Morgan fingerprint density at radius 2 is 0.935 bits per heavy atom. The summed E-state index contributed by atoms with van der Waals surface area (Å²) in [5, 5.41) is 2.62. The molecule has 0 saturated heterocycles. The fraction of sp³-hybridized carbons (Fsp3) is 0. The summed E-state index contributed by atoms with van der Waals surface area (Å²) in [7, 11) is 0. The molecule has 0 amide bonds. The third kappa shape index (κ3) is 3.96. The second-order valence-corrected chi connectivity index (χ2v) is 7.31. The van der Waals surface area contributed by atoms with Gasteiger partial charge in [-0.2, -0.15) is 0 Å². The third-order valence-electron chi connectivity index (χ3n) is 5.27. The van der Waals surface area contributed by atoms with Crippen LogP contribution in [0.3, 0.4) is 0 Å². The van der Waals surface area contributed by atoms with Gasteiger partial charge in [0.2, 0.25) is 0 Å². The van der Waals surface area contributed by atoms with Crippen LogP contribution in [0.5, 0.6) is 0 Å². The van der Waals surface area contributed by atoms with Gasteiger partial charge >= 0.3 is 0 Å². The Balaban J connectivity index is 0.000000171. The number of para-hydroxylation sites is 3. The van der Waals surface area contributed by atoms with E-state index in [4.69, 9.17) is 4.98 Å². The van der Waals surface area contributed by atoms with Crippen molar-refractivity contribution >= 4 is 21.8 Å². The van der Waals surface area contributed by atoms with Crippen molar-refractivity contribution in [2.75, 3.05) is 0 Å². The summed E-state index contributed by atoms with van der Waals surface area (Å²) < 4.78 is 2.21. The Morgan fingerprint density at radius 1 is 0.452 bits per heavy atom. The van der Waals surface area contributed by atoms with Crippen LogP contribution in [0.1, 0.15) is 0 Å². The molecule has 1 heterocycles. The summed E-state index contributed by atoms with van der Waals surface area (Å²) in [6, 6.07) is 45.6. The van der Waals surface area contributed by atoms with Gasteiger partial charge in [-0.1, -0.05) is 109 Å². The predicted molar refractivity (Wildman–Crippen MR) is 130 cm³/mol. The first-order valence-electron chi connectivity index (χ1n) is 10.4. The van der Waals surface area contributed by atoms with Gasteiger partial charge < -0.3 is 0 Å². The van der Waals surface area contributed by atoms with Crippen molar-refractivity contribution in [1.82, 2.24) is 9.55 Å². The largest absolute Gasteiger partial charge is 0.292 e. The number of rotatable bonds is 2. The second-order valence-electron chi connectivity index (χ2n) is 7.31. The van der Waals surface area contributed by atoms with E-state index in [1.165, 1.54) is 10.8 Å². The summed E-state index contributed by atoms with van der Waals surface area (Å²) in [4.78, 5) is 4.82. The molecule has 5 aromatic carbocycles. The highest BCUT2D eigenvalue weighted by Gasteiger charge is 2.13. The zero-order chi connectivity index (χ0) is 20.9.